The normalized spacial score (nSPS) is 13.6. The highest BCUT2D eigenvalue weighted by atomic mass is 35.5. The number of carbonyl (C=O) groups is 2. The van der Waals surface area contributed by atoms with Crippen molar-refractivity contribution in [3.63, 3.8) is 0 Å². The number of carbonyl (C=O) groups excluding carboxylic acids is 2. The van der Waals surface area contributed by atoms with Crippen LogP contribution in [-0.2, 0) is 14.8 Å². The van der Waals surface area contributed by atoms with Gasteiger partial charge in [-0.2, -0.15) is 26.3 Å². The van der Waals surface area contributed by atoms with Crippen molar-refractivity contribution < 1.29 is 53.5 Å². The molecule has 0 radical (unpaired) electrons. The van der Waals surface area contributed by atoms with Crippen molar-refractivity contribution in [2.24, 2.45) is 0 Å². The fourth-order valence-corrected chi connectivity index (χ4v) is 3.00. The van der Waals surface area contributed by atoms with Crippen LogP contribution in [0.15, 0.2) is 12.1 Å². The van der Waals surface area contributed by atoms with Crippen molar-refractivity contribution in [1.29, 1.82) is 0 Å². The summed E-state index contributed by atoms with van der Waals surface area (Å²) in [7, 11) is -5.73. The predicted octanol–water partition coefficient (Wildman–Crippen LogP) is 3.24. The summed E-state index contributed by atoms with van der Waals surface area (Å²) in [6.07, 6.45) is -4.95. The first kappa shape index (κ1) is 26.9. The van der Waals surface area contributed by atoms with Gasteiger partial charge in [-0.1, -0.05) is 11.6 Å². The third-order valence-corrected chi connectivity index (χ3v) is 5.00. The van der Waals surface area contributed by atoms with Gasteiger partial charge in [-0.15, -0.1) is 0 Å². The number of benzene rings is 1. The number of ether oxygens (including phenoxy) is 1. The van der Waals surface area contributed by atoms with Crippen molar-refractivity contribution in [2.45, 2.75) is 31.6 Å². The van der Waals surface area contributed by atoms with Gasteiger partial charge in [-0.3, -0.25) is 14.5 Å². The molecule has 2 amide bonds. The number of amides is 2. The minimum Gasteiger partial charge on any atom is -0.489 e. The van der Waals surface area contributed by atoms with Crippen LogP contribution in [0.3, 0.4) is 0 Å². The molecule has 0 aliphatic carbocycles. The standard InChI is InChI=1S/C15H14ClF7N2O5S/c1-7(24-31(28,29)15(21,22)23)5-30-12-3-9(10(16)4-11(12)17)13(27)25(8(2)26)6-14(18,19)20/h3-4,7,24H,5-6H2,1-2H3. The number of hydrogen-bond acceptors (Lipinski definition) is 5. The molecule has 31 heavy (non-hydrogen) atoms. The van der Waals surface area contributed by atoms with Gasteiger partial charge in [0, 0.05) is 6.92 Å². The highest BCUT2D eigenvalue weighted by Crippen LogP contribution is 2.29. The SMILES string of the molecule is CC(=O)N(CC(F)(F)F)C(=O)c1cc(OCC(C)NS(=O)(=O)C(F)(F)F)c(F)cc1Cl. The highest BCUT2D eigenvalue weighted by Gasteiger charge is 2.46. The third kappa shape index (κ3) is 7.50. The molecule has 0 spiro atoms. The Morgan fingerprint density at radius 2 is 1.74 bits per heavy atom. The topological polar surface area (TPSA) is 92.8 Å². The van der Waals surface area contributed by atoms with E-state index < -0.39 is 74.9 Å². The van der Waals surface area contributed by atoms with Crippen LogP contribution in [0.5, 0.6) is 5.75 Å². The van der Waals surface area contributed by atoms with E-state index in [2.05, 4.69) is 0 Å². The fourth-order valence-electron chi connectivity index (χ4n) is 2.03. The number of hydrogen-bond donors (Lipinski definition) is 1. The van der Waals surface area contributed by atoms with E-state index >= 15 is 0 Å². The molecular weight excluding hydrogens is 489 g/mol. The fraction of sp³-hybridized carbons (Fsp3) is 0.467. The largest absolute Gasteiger partial charge is 0.511 e. The monoisotopic (exact) mass is 502 g/mol. The van der Waals surface area contributed by atoms with Crippen LogP contribution in [0.2, 0.25) is 5.02 Å². The van der Waals surface area contributed by atoms with E-state index in [9.17, 15) is 48.7 Å². The van der Waals surface area contributed by atoms with E-state index in [-0.39, 0.29) is 4.90 Å². The second-order valence-electron chi connectivity index (χ2n) is 6.07. The van der Waals surface area contributed by atoms with Gasteiger partial charge in [0.2, 0.25) is 5.91 Å². The van der Waals surface area contributed by atoms with Gasteiger partial charge in [0.05, 0.1) is 16.6 Å². The van der Waals surface area contributed by atoms with E-state index in [0.717, 1.165) is 6.92 Å². The van der Waals surface area contributed by atoms with Gasteiger partial charge in [-0.05, 0) is 19.1 Å². The van der Waals surface area contributed by atoms with Crippen molar-refractivity contribution in [2.75, 3.05) is 13.2 Å². The summed E-state index contributed by atoms with van der Waals surface area (Å²) in [4.78, 5) is 23.5. The number of rotatable bonds is 7. The lowest BCUT2D eigenvalue weighted by molar-refractivity contribution is -0.154. The number of imide groups is 1. The quantitative estimate of drug-likeness (QED) is 0.578. The van der Waals surface area contributed by atoms with Crippen molar-refractivity contribution >= 4 is 33.4 Å². The Morgan fingerprint density at radius 1 is 1.19 bits per heavy atom. The predicted molar refractivity (Wildman–Crippen MR) is 92.3 cm³/mol. The van der Waals surface area contributed by atoms with Crippen LogP contribution in [-0.4, -0.2) is 56.0 Å². The smallest absolute Gasteiger partial charge is 0.489 e. The maximum atomic E-state index is 14.0. The molecule has 0 fully saturated rings. The van der Waals surface area contributed by atoms with E-state index in [1.807, 2.05) is 0 Å². The molecule has 1 N–H and O–H groups in total. The average molecular weight is 503 g/mol. The second-order valence-corrected chi connectivity index (χ2v) is 8.18. The maximum absolute atomic E-state index is 14.0. The average Bonchev–Trinajstić information content (AvgIpc) is 2.56. The van der Waals surface area contributed by atoms with Crippen LogP contribution >= 0.6 is 11.6 Å². The second kappa shape index (κ2) is 9.56. The molecule has 1 unspecified atom stereocenters. The summed E-state index contributed by atoms with van der Waals surface area (Å²) in [5.41, 5.74) is -6.37. The zero-order chi connectivity index (χ0) is 24.4. The number of alkyl halides is 6. The van der Waals surface area contributed by atoms with E-state index in [1.54, 1.807) is 0 Å². The Bertz CT molecular complexity index is 950. The highest BCUT2D eigenvalue weighted by molar-refractivity contribution is 7.90. The first-order chi connectivity index (χ1) is 13.9. The minimum atomic E-state index is -5.73. The van der Waals surface area contributed by atoms with Crippen LogP contribution in [0.25, 0.3) is 0 Å². The van der Waals surface area contributed by atoms with Gasteiger partial charge in [0.15, 0.2) is 11.6 Å². The summed E-state index contributed by atoms with van der Waals surface area (Å²) in [6, 6.07) is -0.516. The first-order valence-electron chi connectivity index (χ1n) is 7.95. The Kier molecular flexibility index (Phi) is 8.30. The number of nitrogens with zero attached hydrogens (tertiary/aromatic N) is 1. The molecule has 0 aliphatic rings. The van der Waals surface area contributed by atoms with Crippen molar-refractivity contribution in [3.05, 3.63) is 28.5 Å². The van der Waals surface area contributed by atoms with E-state index in [4.69, 9.17) is 16.3 Å². The van der Waals surface area contributed by atoms with Gasteiger partial charge < -0.3 is 4.74 Å². The lowest BCUT2D eigenvalue weighted by atomic mass is 10.1. The lowest BCUT2D eigenvalue weighted by Crippen LogP contribution is -2.43. The molecule has 0 saturated heterocycles. The van der Waals surface area contributed by atoms with Crippen LogP contribution in [0, 0.1) is 5.82 Å². The Hall–Kier alpha value is -2.13. The number of nitrogens with one attached hydrogen (secondary N) is 1. The molecule has 0 aliphatic heterocycles. The molecule has 1 rings (SSSR count). The van der Waals surface area contributed by atoms with Crippen LogP contribution in [0.4, 0.5) is 30.7 Å². The molecule has 0 aromatic heterocycles. The molecule has 176 valence electrons. The van der Waals surface area contributed by atoms with Crippen molar-refractivity contribution in [1.82, 2.24) is 9.62 Å². The molecule has 1 aromatic carbocycles. The zero-order valence-electron chi connectivity index (χ0n) is 15.6. The summed E-state index contributed by atoms with van der Waals surface area (Å²) >= 11 is 5.66. The van der Waals surface area contributed by atoms with Gasteiger partial charge in [0.25, 0.3) is 5.91 Å². The summed E-state index contributed by atoms with van der Waals surface area (Å²) in [5, 5.41) is -0.672. The van der Waals surface area contributed by atoms with Crippen LogP contribution < -0.4 is 9.46 Å². The maximum Gasteiger partial charge on any atom is 0.511 e. The minimum absolute atomic E-state index is 0.205. The summed E-state index contributed by atoms with van der Waals surface area (Å²) in [5.74, 6) is -4.91. The molecule has 1 aromatic rings. The number of sulfonamides is 1. The molecule has 0 heterocycles. The summed E-state index contributed by atoms with van der Waals surface area (Å²) < 4.78 is 117. The van der Waals surface area contributed by atoms with Gasteiger partial charge in [0.1, 0.15) is 13.2 Å². The van der Waals surface area contributed by atoms with Gasteiger partial charge >= 0.3 is 21.7 Å². The zero-order valence-corrected chi connectivity index (χ0v) is 17.1. The third-order valence-electron chi connectivity index (χ3n) is 3.36. The molecule has 0 bridgehead atoms. The van der Waals surface area contributed by atoms with E-state index in [0.29, 0.717) is 19.1 Å². The Balaban J connectivity index is 3.10. The molecular formula is C15H14ClF7N2O5S. The Labute approximate surface area is 176 Å². The number of halogens is 8. The molecule has 1 atom stereocenters. The lowest BCUT2D eigenvalue weighted by Gasteiger charge is -2.22. The van der Waals surface area contributed by atoms with E-state index in [1.165, 1.54) is 4.72 Å². The molecule has 7 nitrogen and oxygen atoms in total. The van der Waals surface area contributed by atoms with Crippen LogP contribution in [0.1, 0.15) is 24.2 Å². The van der Waals surface area contributed by atoms with Gasteiger partial charge in [-0.25, -0.2) is 17.5 Å². The van der Waals surface area contributed by atoms with Crippen molar-refractivity contribution in [3.8, 4) is 5.75 Å². The molecule has 16 heteroatoms. The summed E-state index contributed by atoms with van der Waals surface area (Å²) in [6.45, 7) is -1.20. The first-order valence-corrected chi connectivity index (χ1v) is 9.81. The Morgan fingerprint density at radius 3 is 2.19 bits per heavy atom. The molecule has 0 saturated carbocycles.